The Balaban J connectivity index is 0.000000157. The van der Waals surface area contributed by atoms with E-state index < -0.39 is 0 Å². The second kappa shape index (κ2) is 32.4. The zero-order valence-electron chi connectivity index (χ0n) is 80.2. The van der Waals surface area contributed by atoms with Crippen LogP contribution < -0.4 is 29.8 Å². The lowest BCUT2D eigenvalue weighted by molar-refractivity contribution is 0.195. The molecule has 3 aliphatic heterocycles. The van der Waals surface area contributed by atoms with Crippen LogP contribution in [0.2, 0.25) is 0 Å². The monoisotopic (exact) mass is 1890 g/mol. The minimum atomic E-state index is -0.0659. The third kappa shape index (κ3) is 13.0. The smallest absolute Gasteiger partial charge is 0.0569 e. The van der Waals surface area contributed by atoms with E-state index in [-0.39, 0.29) is 32.9 Å². The Labute approximate surface area is 817 Å². The van der Waals surface area contributed by atoms with Gasteiger partial charge >= 0.3 is 0 Å². The lowest BCUT2D eigenvalue weighted by Crippen LogP contribution is -2.54. The first kappa shape index (κ1) is 85.9. The molecule has 672 valence electrons. The molecule has 6 nitrogen and oxygen atoms in total. The molecule has 3 saturated carbocycles. The molecule has 26 rings (SSSR count). The van der Waals surface area contributed by atoms with Crippen molar-refractivity contribution in [2.24, 2.45) is 0 Å². The highest BCUT2D eigenvalue weighted by Crippen LogP contribution is 2.66. The Hall–Kier alpha value is -13.0. The van der Waals surface area contributed by atoms with Crippen LogP contribution in [0.5, 0.6) is 0 Å². The van der Waals surface area contributed by atoms with Gasteiger partial charge in [-0.3, -0.25) is 0 Å². The Bertz CT molecular complexity index is 7840. The van der Waals surface area contributed by atoms with Crippen LogP contribution in [0, 0.1) is 41.5 Å². The van der Waals surface area contributed by atoms with E-state index >= 15 is 0 Å². The summed E-state index contributed by atoms with van der Waals surface area (Å²) < 4.78 is 2.31. The van der Waals surface area contributed by atoms with Crippen molar-refractivity contribution in [2.75, 3.05) is 29.8 Å². The topological polar surface area (TPSA) is 28.2 Å². The van der Waals surface area contributed by atoms with Crippen molar-refractivity contribution in [3.63, 3.8) is 0 Å². The molecular formula is C128H116Br2N6. The molecule has 0 radical (unpaired) electrons. The van der Waals surface area contributed by atoms with Gasteiger partial charge in [0.2, 0.25) is 0 Å². The van der Waals surface area contributed by atoms with Gasteiger partial charge in [-0.2, -0.15) is 0 Å². The van der Waals surface area contributed by atoms with Crippen molar-refractivity contribution in [3.05, 3.63) is 393 Å². The summed E-state index contributed by atoms with van der Waals surface area (Å²) in [5.74, 6) is 0. The minimum Gasteiger partial charge on any atom is -0.355 e. The van der Waals surface area contributed by atoms with Crippen LogP contribution in [0.1, 0.15) is 169 Å². The van der Waals surface area contributed by atoms with Crippen molar-refractivity contribution in [1.82, 2.24) is 0 Å². The normalized spacial score (nSPS) is 20.9. The average Bonchev–Trinajstić information content (AvgIpc) is 1.49. The summed E-state index contributed by atoms with van der Waals surface area (Å²) in [7, 11) is 0. The lowest BCUT2D eigenvalue weighted by Gasteiger charge is -2.50. The van der Waals surface area contributed by atoms with E-state index in [1.165, 1.54) is 278 Å². The zero-order valence-corrected chi connectivity index (χ0v) is 83.4. The van der Waals surface area contributed by atoms with Gasteiger partial charge in [-0.25, -0.2) is 0 Å². The fourth-order valence-corrected chi connectivity index (χ4v) is 27.6. The molecule has 20 aromatic rings. The summed E-state index contributed by atoms with van der Waals surface area (Å²) in [4.78, 5) is 13.3. The third-order valence-corrected chi connectivity index (χ3v) is 35.7. The van der Waals surface area contributed by atoms with Gasteiger partial charge < -0.3 is 29.8 Å². The fourth-order valence-electron chi connectivity index (χ4n) is 26.6. The molecule has 136 heavy (non-hydrogen) atoms. The first-order valence-corrected chi connectivity index (χ1v) is 51.1. The maximum absolute atomic E-state index is 3.83. The van der Waals surface area contributed by atoms with Crippen LogP contribution in [0.4, 0.5) is 79.6 Å². The molecule has 20 aromatic carbocycles. The van der Waals surface area contributed by atoms with E-state index in [0.717, 1.165) is 34.6 Å². The van der Waals surface area contributed by atoms with Gasteiger partial charge in [0, 0.05) is 109 Å². The number of para-hydroxylation sites is 3. The van der Waals surface area contributed by atoms with Crippen LogP contribution in [-0.2, 0) is 16.2 Å². The molecular weight excluding hydrogens is 1780 g/mol. The molecule has 6 unspecified atom stereocenters. The Morgan fingerprint density at radius 1 is 0.265 bits per heavy atom. The predicted octanol–water partition coefficient (Wildman–Crippen LogP) is 37.6. The van der Waals surface area contributed by atoms with Crippen LogP contribution in [0.3, 0.4) is 0 Å². The summed E-state index contributed by atoms with van der Waals surface area (Å²) in [6, 6.07) is 127. The standard InChI is InChI=1S/C80H74N4.C32H34N2.C16H8Br2/c1-51-23-27-55-29-25-53(3)75(65(55)47-51)81(61-35-41-71-67(49-61)77(5)43-15-17-45-79(77,7)83(71)59-19-11-9-12-20-59)69-39-33-57-32-38-64-70(40-34-58-31-37-63(69)73(57)74(58)64)82(76-54(4)26-30-56-28-24-52(2)48-66(56)76)62-36-42-72-68(50-62)78(6)44-16-18-46-80(78,8)84(72)60-21-13-10-14-22-60;1-22-12-14-24-15-13-23(2)30(27(24)20-22)33-25-16-17-29-28(21-25)31(3)18-8-9-19-32(31,4)34(29)26-10-6-5-7-11-26;17-13-8-4-10-2-6-12-14(18)7-3-9-1-5-11(13)16(10)15(9)12/h9-14,19-42,47-50H,15-18,43-46H2,1-8H3;5-7,10-17,20-21,33H,8-9,18-19H2,1-4H3;1-8H. The molecule has 0 spiro atoms. The number of benzene rings is 20. The van der Waals surface area contributed by atoms with Gasteiger partial charge in [-0.05, 0) is 338 Å². The number of nitrogens with zero attached hydrogens (tertiary/aromatic N) is 5. The summed E-state index contributed by atoms with van der Waals surface area (Å²) in [6.07, 6.45) is 14.6. The number of fused-ring (bicyclic) bond motifs is 12. The lowest BCUT2D eigenvalue weighted by atomic mass is 9.61. The highest BCUT2D eigenvalue weighted by atomic mass is 79.9. The fraction of sp³-hybridized carbons (Fsp3) is 0.234. The number of hydrogen-bond acceptors (Lipinski definition) is 6. The SMILES string of the molecule is Brc1ccc2ccc3c(Br)ccc4ccc1c2c43.Cc1ccc2ccc(C)c(N(c3ccc4c(c3)C3(C)CCCCC3(C)N4c3ccccc3)c3ccc4ccc5c(N(c6ccc7c(c6)C6(C)CCCCC6(C)N7c6ccccc6)c6c(C)ccc7ccc(C)cc67)ccc6ccc3c4c65)c2c1.Cc1ccc2ccc(C)c(Nc3ccc4c(c3)C3(C)CCCCC3(C)N4c3ccccc3)c2c1. The van der Waals surface area contributed by atoms with E-state index in [9.17, 15) is 0 Å². The summed E-state index contributed by atoms with van der Waals surface area (Å²) >= 11 is 7.30. The van der Waals surface area contributed by atoms with Crippen molar-refractivity contribution >= 4 is 208 Å². The van der Waals surface area contributed by atoms with E-state index in [0.29, 0.717) is 0 Å². The zero-order chi connectivity index (χ0) is 92.8. The largest absolute Gasteiger partial charge is 0.355 e. The van der Waals surface area contributed by atoms with Gasteiger partial charge in [-0.15, -0.1) is 0 Å². The Morgan fingerprint density at radius 3 is 0.971 bits per heavy atom. The van der Waals surface area contributed by atoms with E-state index in [2.05, 4.69) is 478 Å². The number of anilines is 14. The summed E-state index contributed by atoms with van der Waals surface area (Å²) in [5, 5.41) is 26.9. The molecule has 3 aliphatic carbocycles. The average molecular weight is 1900 g/mol. The summed E-state index contributed by atoms with van der Waals surface area (Å²) in [5.41, 5.74) is 29.5. The van der Waals surface area contributed by atoms with Gasteiger partial charge in [0.25, 0.3) is 0 Å². The number of hydrogen-bond donors (Lipinski definition) is 1. The van der Waals surface area contributed by atoms with Crippen LogP contribution in [0.15, 0.2) is 343 Å². The maximum Gasteiger partial charge on any atom is 0.0569 e. The van der Waals surface area contributed by atoms with Gasteiger partial charge in [0.05, 0.1) is 39.4 Å². The molecule has 0 saturated heterocycles. The van der Waals surface area contributed by atoms with Crippen molar-refractivity contribution in [3.8, 4) is 0 Å². The number of rotatable bonds is 11. The van der Waals surface area contributed by atoms with Gasteiger partial charge in [0.1, 0.15) is 0 Å². The van der Waals surface area contributed by atoms with Crippen LogP contribution >= 0.6 is 31.9 Å². The van der Waals surface area contributed by atoms with E-state index in [1.807, 2.05) is 0 Å². The van der Waals surface area contributed by atoms with Crippen molar-refractivity contribution in [1.29, 1.82) is 0 Å². The van der Waals surface area contributed by atoms with Crippen molar-refractivity contribution in [2.45, 2.75) is 193 Å². The number of aryl methyl sites for hydroxylation is 6. The minimum absolute atomic E-state index is 0.0531. The maximum atomic E-state index is 3.83. The molecule has 0 amide bonds. The molecule has 0 bridgehead atoms. The Kier molecular flexibility index (Phi) is 20.4. The molecule has 1 N–H and O–H groups in total. The molecule has 3 fully saturated rings. The van der Waals surface area contributed by atoms with E-state index in [1.54, 1.807) is 0 Å². The number of halogens is 2. The second-order valence-corrected chi connectivity index (χ2v) is 43.6. The molecule has 3 heterocycles. The first-order chi connectivity index (χ1) is 65.9. The van der Waals surface area contributed by atoms with Crippen LogP contribution in [0.25, 0.3) is 97.0 Å². The van der Waals surface area contributed by atoms with E-state index in [4.69, 9.17) is 0 Å². The Morgan fingerprint density at radius 2 is 0.574 bits per heavy atom. The second-order valence-electron chi connectivity index (χ2n) is 41.9. The van der Waals surface area contributed by atoms with Crippen LogP contribution in [-0.4, -0.2) is 16.6 Å². The number of nitrogens with one attached hydrogen (secondary N) is 1. The quantitative estimate of drug-likeness (QED) is 0.130. The van der Waals surface area contributed by atoms with Gasteiger partial charge in [-0.1, -0.05) is 308 Å². The molecule has 8 heteroatoms. The summed E-state index contributed by atoms with van der Waals surface area (Å²) in [6.45, 7) is 28.7. The predicted molar refractivity (Wildman–Crippen MR) is 591 cm³/mol. The molecule has 6 atom stereocenters. The van der Waals surface area contributed by atoms with Gasteiger partial charge in [0.15, 0.2) is 0 Å². The van der Waals surface area contributed by atoms with Crippen molar-refractivity contribution < 1.29 is 0 Å². The highest BCUT2D eigenvalue weighted by Gasteiger charge is 2.61. The first-order valence-electron chi connectivity index (χ1n) is 49.5. The third-order valence-electron chi connectivity index (χ3n) is 34.3. The molecule has 0 aromatic heterocycles. The molecule has 6 aliphatic rings. The highest BCUT2D eigenvalue weighted by molar-refractivity contribution is 9.11.